The van der Waals surface area contributed by atoms with Crippen molar-refractivity contribution in [3.8, 4) is 17.1 Å². The third-order valence-corrected chi connectivity index (χ3v) is 9.92. The van der Waals surface area contributed by atoms with E-state index in [4.69, 9.17) is 19.4 Å². The molecule has 224 valence electrons. The van der Waals surface area contributed by atoms with Gasteiger partial charge in [-0.05, 0) is 62.6 Å². The first-order chi connectivity index (χ1) is 20.2. The molecule has 1 N–H and O–H groups in total. The number of hydrogen-bond acceptors (Lipinski definition) is 9. The lowest BCUT2D eigenvalue weighted by Crippen LogP contribution is -2.44. The van der Waals surface area contributed by atoms with Crippen molar-refractivity contribution in [3.05, 3.63) is 66.4 Å². The molecule has 0 bridgehead atoms. The minimum absolute atomic E-state index is 0.00908. The molecule has 2 fully saturated rings. The summed E-state index contributed by atoms with van der Waals surface area (Å²) in [5.74, 6) is 1.04. The average molecular weight is 603 g/mol. The fourth-order valence-electron chi connectivity index (χ4n) is 4.91. The predicted octanol–water partition coefficient (Wildman–Crippen LogP) is 5.01. The smallest absolute Gasteiger partial charge is 0.410 e. The van der Waals surface area contributed by atoms with E-state index in [2.05, 4.69) is 15.0 Å². The van der Waals surface area contributed by atoms with E-state index < -0.39 is 27.3 Å². The highest BCUT2D eigenvalue weighted by Gasteiger charge is 2.57. The summed E-state index contributed by atoms with van der Waals surface area (Å²) in [6.45, 7) is 0.295. The number of sulfone groups is 1. The predicted molar refractivity (Wildman–Crippen MR) is 152 cm³/mol. The van der Waals surface area contributed by atoms with Crippen molar-refractivity contribution in [3.63, 3.8) is 0 Å². The molecule has 1 aromatic heterocycles. The molecule has 10 nitrogen and oxygen atoms in total. The Bertz CT molecular complexity index is 1490. The number of halogens is 2. The molecule has 1 amide bonds. The molecule has 42 heavy (non-hydrogen) atoms. The first-order valence-corrected chi connectivity index (χ1v) is 15.3. The standard InChI is InChI=1S/C29H32F2N4O6S/c1-20-19-39-16-14-35(20)25-18-24(29(12-13-29)42(37,38)17-5-15-40-27(30)31)33-26(34-25)21-8-10-22(11-9-21)32-28(36)41-23-6-3-2-4-7-23/h2-4,6-11,18,20,27H,5,12-17,19H2,1H3,(H,32,36)/t20-/m0/s1. The Balaban J connectivity index is 1.40. The number of nitrogens with one attached hydrogen (secondary N) is 1. The maximum Gasteiger partial charge on any atom is 0.417 e. The zero-order chi connectivity index (χ0) is 29.7. The molecule has 1 atom stereocenters. The summed E-state index contributed by atoms with van der Waals surface area (Å²) in [5, 5.41) is 2.67. The van der Waals surface area contributed by atoms with Gasteiger partial charge >= 0.3 is 12.7 Å². The highest BCUT2D eigenvalue weighted by Crippen LogP contribution is 2.53. The lowest BCUT2D eigenvalue weighted by atomic mass is 10.1. The van der Waals surface area contributed by atoms with Crippen LogP contribution in [0.3, 0.4) is 0 Å². The number of anilines is 2. The molecular weight excluding hydrogens is 570 g/mol. The molecule has 2 heterocycles. The average Bonchev–Trinajstić information content (AvgIpc) is 3.79. The number of benzene rings is 2. The second-order valence-electron chi connectivity index (χ2n) is 10.3. The van der Waals surface area contributed by atoms with Gasteiger partial charge in [-0.2, -0.15) is 8.78 Å². The number of para-hydroxylation sites is 1. The van der Waals surface area contributed by atoms with Crippen molar-refractivity contribution in [1.82, 2.24) is 9.97 Å². The van der Waals surface area contributed by atoms with E-state index >= 15 is 0 Å². The maximum absolute atomic E-state index is 13.4. The van der Waals surface area contributed by atoms with Crippen LogP contribution >= 0.6 is 0 Å². The number of nitrogens with zero attached hydrogens (tertiary/aromatic N) is 3. The number of rotatable bonds is 11. The highest BCUT2D eigenvalue weighted by molar-refractivity contribution is 7.92. The van der Waals surface area contributed by atoms with Gasteiger partial charge in [0.1, 0.15) is 16.3 Å². The van der Waals surface area contributed by atoms with E-state index in [9.17, 15) is 22.0 Å². The Hall–Kier alpha value is -3.68. The van der Waals surface area contributed by atoms with Crippen molar-refractivity contribution in [1.29, 1.82) is 0 Å². The summed E-state index contributed by atoms with van der Waals surface area (Å²) in [7, 11) is -3.73. The number of ether oxygens (including phenoxy) is 3. The molecule has 2 aliphatic rings. The summed E-state index contributed by atoms with van der Waals surface area (Å²) >= 11 is 0. The quantitative estimate of drug-likeness (QED) is 0.302. The van der Waals surface area contributed by atoms with E-state index in [0.29, 0.717) is 66.9 Å². The molecule has 2 aromatic carbocycles. The van der Waals surface area contributed by atoms with Gasteiger partial charge < -0.3 is 19.1 Å². The van der Waals surface area contributed by atoms with Gasteiger partial charge in [0.25, 0.3) is 0 Å². The van der Waals surface area contributed by atoms with Crippen molar-refractivity contribution < 1.29 is 36.2 Å². The molecule has 0 radical (unpaired) electrons. The number of morpholine rings is 1. The molecule has 3 aromatic rings. The van der Waals surface area contributed by atoms with E-state index in [-0.39, 0.29) is 24.8 Å². The van der Waals surface area contributed by atoms with Gasteiger partial charge in [0.2, 0.25) is 0 Å². The normalized spacial score (nSPS) is 18.1. The molecular formula is C29H32F2N4O6S. The summed E-state index contributed by atoms with van der Waals surface area (Å²) in [5.41, 5.74) is 1.49. The van der Waals surface area contributed by atoms with Crippen LogP contribution in [0.4, 0.5) is 25.1 Å². The van der Waals surface area contributed by atoms with Crippen molar-refractivity contribution >= 4 is 27.4 Å². The number of aromatic nitrogens is 2. The first-order valence-electron chi connectivity index (χ1n) is 13.7. The zero-order valence-corrected chi connectivity index (χ0v) is 23.9. The topological polar surface area (TPSA) is 120 Å². The van der Waals surface area contributed by atoms with Crippen LogP contribution in [0.1, 0.15) is 31.9 Å². The van der Waals surface area contributed by atoms with Gasteiger partial charge in [-0.1, -0.05) is 18.2 Å². The van der Waals surface area contributed by atoms with Gasteiger partial charge in [0.05, 0.1) is 37.3 Å². The van der Waals surface area contributed by atoms with Crippen LogP contribution in [-0.4, -0.2) is 69.3 Å². The molecule has 1 saturated heterocycles. The Morgan fingerprint density at radius 3 is 2.55 bits per heavy atom. The van der Waals surface area contributed by atoms with Gasteiger partial charge in [-0.25, -0.2) is 23.2 Å². The van der Waals surface area contributed by atoms with E-state index in [1.54, 1.807) is 54.6 Å². The van der Waals surface area contributed by atoms with Crippen LogP contribution in [-0.2, 0) is 24.1 Å². The lowest BCUT2D eigenvalue weighted by Gasteiger charge is -2.34. The molecule has 0 unspecified atom stereocenters. The lowest BCUT2D eigenvalue weighted by molar-refractivity contribution is -0.128. The minimum Gasteiger partial charge on any atom is -0.410 e. The van der Waals surface area contributed by atoms with Crippen molar-refractivity contribution in [2.24, 2.45) is 0 Å². The maximum atomic E-state index is 13.4. The second-order valence-corrected chi connectivity index (χ2v) is 12.7. The van der Waals surface area contributed by atoms with Gasteiger partial charge in [0, 0.05) is 23.9 Å². The first kappa shape index (κ1) is 29.8. The third-order valence-electron chi connectivity index (χ3n) is 7.29. The van der Waals surface area contributed by atoms with Crippen LogP contribution in [0.2, 0.25) is 0 Å². The van der Waals surface area contributed by atoms with E-state index in [1.165, 1.54) is 0 Å². The molecule has 1 aliphatic carbocycles. The fraction of sp³-hybridized carbons (Fsp3) is 0.414. The SMILES string of the molecule is C[C@H]1COCCN1c1cc(C2(S(=O)(=O)CCCOC(F)F)CC2)nc(-c2ccc(NC(=O)Oc3ccccc3)cc2)n1. The molecule has 13 heteroatoms. The largest absolute Gasteiger partial charge is 0.417 e. The monoisotopic (exact) mass is 602 g/mol. The number of carbonyl (C=O) groups excluding carboxylic acids is 1. The molecule has 1 aliphatic heterocycles. The summed E-state index contributed by atoms with van der Waals surface area (Å²) in [4.78, 5) is 23.9. The van der Waals surface area contributed by atoms with Crippen molar-refractivity contribution in [2.75, 3.05) is 42.3 Å². The van der Waals surface area contributed by atoms with Crippen LogP contribution in [0.5, 0.6) is 5.75 Å². The number of amides is 1. The van der Waals surface area contributed by atoms with Crippen LogP contribution < -0.4 is 15.0 Å². The Labute approximate surface area is 242 Å². The Kier molecular flexibility index (Phi) is 8.99. The zero-order valence-electron chi connectivity index (χ0n) is 23.0. The van der Waals surface area contributed by atoms with E-state index in [0.717, 1.165) is 0 Å². The number of hydrogen-bond donors (Lipinski definition) is 1. The van der Waals surface area contributed by atoms with Crippen LogP contribution in [0.25, 0.3) is 11.4 Å². The van der Waals surface area contributed by atoms with Gasteiger partial charge in [-0.15, -0.1) is 0 Å². The molecule has 5 rings (SSSR count). The Morgan fingerprint density at radius 2 is 1.88 bits per heavy atom. The molecule has 1 saturated carbocycles. The summed E-state index contributed by atoms with van der Waals surface area (Å²) in [6.07, 6.45) is 0.0781. The van der Waals surface area contributed by atoms with E-state index in [1.807, 2.05) is 13.0 Å². The minimum atomic E-state index is -3.73. The van der Waals surface area contributed by atoms with Crippen molar-refractivity contribution in [2.45, 2.75) is 43.6 Å². The highest BCUT2D eigenvalue weighted by atomic mass is 32.2. The Morgan fingerprint density at radius 1 is 1.14 bits per heavy atom. The van der Waals surface area contributed by atoms with Gasteiger partial charge in [0.15, 0.2) is 15.7 Å². The summed E-state index contributed by atoms with van der Waals surface area (Å²) in [6, 6.07) is 17.2. The number of carbonyl (C=O) groups is 1. The second kappa shape index (κ2) is 12.7. The fourth-order valence-corrected chi connectivity index (χ4v) is 6.95. The van der Waals surface area contributed by atoms with Crippen LogP contribution in [0.15, 0.2) is 60.7 Å². The summed E-state index contributed by atoms with van der Waals surface area (Å²) < 4.78 is 65.5. The third kappa shape index (κ3) is 6.85. The van der Waals surface area contributed by atoms with Crippen LogP contribution in [0, 0.1) is 0 Å². The number of alkyl halides is 2. The molecule has 0 spiro atoms. The van der Waals surface area contributed by atoms with Gasteiger partial charge in [-0.3, -0.25) is 5.32 Å².